The molecule has 17 heavy (non-hydrogen) atoms. The van der Waals surface area contributed by atoms with E-state index in [9.17, 15) is 0 Å². The summed E-state index contributed by atoms with van der Waals surface area (Å²) in [5.41, 5.74) is 2.25. The quantitative estimate of drug-likeness (QED) is 0.901. The summed E-state index contributed by atoms with van der Waals surface area (Å²) in [4.78, 5) is 0. The third-order valence-corrected chi connectivity index (χ3v) is 3.30. The molecular weight excluding hydrogens is 238 g/mol. The SMILES string of the molecule is CCc1cc(Cl)c(OC)c(C2CNCCO2)c1. The van der Waals surface area contributed by atoms with Gasteiger partial charge in [-0.3, -0.25) is 0 Å². The van der Waals surface area contributed by atoms with Gasteiger partial charge in [-0.05, 0) is 24.1 Å². The van der Waals surface area contributed by atoms with Crippen molar-refractivity contribution in [2.75, 3.05) is 26.8 Å². The number of ether oxygens (including phenoxy) is 2. The molecule has 1 heterocycles. The van der Waals surface area contributed by atoms with E-state index in [0.29, 0.717) is 5.02 Å². The van der Waals surface area contributed by atoms with Crippen molar-refractivity contribution in [2.45, 2.75) is 19.4 Å². The van der Waals surface area contributed by atoms with Crippen LogP contribution in [0.1, 0.15) is 24.2 Å². The summed E-state index contributed by atoms with van der Waals surface area (Å²) in [6.45, 7) is 4.55. The zero-order valence-electron chi connectivity index (χ0n) is 10.3. The lowest BCUT2D eigenvalue weighted by Gasteiger charge is -2.26. The van der Waals surface area contributed by atoms with Gasteiger partial charge >= 0.3 is 0 Å². The molecule has 1 aromatic carbocycles. The van der Waals surface area contributed by atoms with Crippen molar-refractivity contribution in [3.05, 3.63) is 28.3 Å². The first-order chi connectivity index (χ1) is 8.26. The van der Waals surface area contributed by atoms with E-state index in [1.54, 1.807) is 7.11 Å². The predicted octanol–water partition coefficient (Wildman–Crippen LogP) is 2.57. The summed E-state index contributed by atoms with van der Waals surface area (Å²) in [6, 6.07) is 4.09. The number of benzene rings is 1. The lowest BCUT2D eigenvalue weighted by Crippen LogP contribution is -2.33. The Kier molecular flexibility index (Phi) is 4.26. The number of methoxy groups -OCH3 is 1. The molecule has 1 aliphatic heterocycles. The van der Waals surface area contributed by atoms with Crippen molar-refractivity contribution < 1.29 is 9.47 Å². The largest absolute Gasteiger partial charge is 0.495 e. The fourth-order valence-electron chi connectivity index (χ4n) is 2.10. The fraction of sp³-hybridized carbons (Fsp3) is 0.538. The van der Waals surface area contributed by atoms with Crippen LogP contribution in [0.4, 0.5) is 0 Å². The molecular formula is C13H18ClNO2. The van der Waals surface area contributed by atoms with Gasteiger partial charge in [0.1, 0.15) is 5.75 Å². The molecule has 2 rings (SSSR count). The second-order valence-electron chi connectivity index (χ2n) is 4.12. The van der Waals surface area contributed by atoms with E-state index >= 15 is 0 Å². The normalized spacial score (nSPS) is 20.3. The van der Waals surface area contributed by atoms with Crippen LogP contribution < -0.4 is 10.1 Å². The Balaban J connectivity index is 2.38. The molecule has 0 bridgehead atoms. The van der Waals surface area contributed by atoms with E-state index in [2.05, 4.69) is 18.3 Å². The monoisotopic (exact) mass is 255 g/mol. The van der Waals surface area contributed by atoms with Crippen LogP contribution in [0.25, 0.3) is 0 Å². The van der Waals surface area contributed by atoms with Gasteiger partial charge in [0.05, 0.1) is 24.8 Å². The molecule has 1 N–H and O–H groups in total. The molecule has 0 aliphatic carbocycles. The highest BCUT2D eigenvalue weighted by Crippen LogP contribution is 2.36. The highest BCUT2D eigenvalue weighted by molar-refractivity contribution is 6.32. The minimum Gasteiger partial charge on any atom is -0.495 e. The van der Waals surface area contributed by atoms with E-state index in [1.165, 1.54) is 5.56 Å². The van der Waals surface area contributed by atoms with Crippen LogP contribution in [0.5, 0.6) is 5.75 Å². The van der Waals surface area contributed by atoms with Gasteiger partial charge in [0, 0.05) is 18.7 Å². The summed E-state index contributed by atoms with van der Waals surface area (Å²) in [5, 5.41) is 3.98. The highest BCUT2D eigenvalue weighted by atomic mass is 35.5. The second-order valence-corrected chi connectivity index (χ2v) is 4.52. The fourth-order valence-corrected chi connectivity index (χ4v) is 2.42. The van der Waals surface area contributed by atoms with Gasteiger partial charge in [-0.1, -0.05) is 18.5 Å². The molecule has 0 radical (unpaired) electrons. The molecule has 1 saturated heterocycles. The van der Waals surface area contributed by atoms with Crippen molar-refractivity contribution in [3.8, 4) is 5.75 Å². The van der Waals surface area contributed by atoms with Crippen LogP contribution in [0, 0.1) is 0 Å². The number of nitrogens with one attached hydrogen (secondary N) is 1. The highest BCUT2D eigenvalue weighted by Gasteiger charge is 2.21. The lowest BCUT2D eigenvalue weighted by molar-refractivity contribution is 0.0262. The molecule has 0 aromatic heterocycles. The zero-order valence-corrected chi connectivity index (χ0v) is 11.0. The lowest BCUT2D eigenvalue weighted by atomic mass is 10.0. The van der Waals surface area contributed by atoms with E-state index < -0.39 is 0 Å². The van der Waals surface area contributed by atoms with E-state index in [-0.39, 0.29) is 6.10 Å². The van der Waals surface area contributed by atoms with Crippen molar-refractivity contribution >= 4 is 11.6 Å². The number of hydrogen-bond donors (Lipinski definition) is 1. The average Bonchev–Trinajstić information content (AvgIpc) is 2.38. The van der Waals surface area contributed by atoms with Crippen LogP contribution in [-0.2, 0) is 11.2 Å². The third kappa shape index (κ3) is 2.73. The minimum atomic E-state index is 0.0303. The molecule has 3 nitrogen and oxygen atoms in total. The number of aryl methyl sites for hydroxylation is 1. The molecule has 1 fully saturated rings. The van der Waals surface area contributed by atoms with Gasteiger partial charge in [-0.15, -0.1) is 0 Å². The maximum absolute atomic E-state index is 6.23. The van der Waals surface area contributed by atoms with Gasteiger partial charge < -0.3 is 14.8 Å². The van der Waals surface area contributed by atoms with Crippen LogP contribution in [0.3, 0.4) is 0 Å². The zero-order chi connectivity index (χ0) is 12.3. The Hall–Kier alpha value is -0.770. The Bertz CT molecular complexity index is 389. The molecule has 0 amide bonds. The summed E-state index contributed by atoms with van der Waals surface area (Å²) in [7, 11) is 1.65. The Morgan fingerprint density at radius 1 is 1.53 bits per heavy atom. The Morgan fingerprint density at radius 2 is 2.35 bits per heavy atom. The molecule has 1 unspecified atom stereocenters. The maximum Gasteiger partial charge on any atom is 0.143 e. The average molecular weight is 256 g/mol. The van der Waals surface area contributed by atoms with Crippen LogP contribution in [0.15, 0.2) is 12.1 Å². The minimum absolute atomic E-state index is 0.0303. The number of rotatable bonds is 3. The first kappa shape index (κ1) is 12.7. The van der Waals surface area contributed by atoms with Gasteiger partial charge in [0.15, 0.2) is 0 Å². The van der Waals surface area contributed by atoms with Crippen molar-refractivity contribution in [1.29, 1.82) is 0 Å². The van der Waals surface area contributed by atoms with Crippen molar-refractivity contribution in [1.82, 2.24) is 5.32 Å². The number of morpholine rings is 1. The maximum atomic E-state index is 6.23. The molecule has 1 aromatic rings. The van der Waals surface area contributed by atoms with E-state index in [0.717, 1.165) is 37.4 Å². The van der Waals surface area contributed by atoms with Gasteiger partial charge in [0.25, 0.3) is 0 Å². The first-order valence-electron chi connectivity index (χ1n) is 5.95. The molecule has 1 atom stereocenters. The number of hydrogen-bond acceptors (Lipinski definition) is 3. The smallest absolute Gasteiger partial charge is 0.143 e. The summed E-state index contributed by atoms with van der Waals surface area (Å²) in [5.74, 6) is 0.734. The summed E-state index contributed by atoms with van der Waals surface area (Å²) < 4.78 is 11.1. The molecule has 1 aliphatic rings. The predicted molar refractivity (Wildman–Crippen MR) is 68.9 cm³/mol. The van der Waals surface area contributed by atoms with Crippen LogP contribution in [0.2, 0.25) is 5.02 Å². The van der Waals surface area contributed by atoms with Crippen molar-refractivity contribution in [3.63, 3.8) is 0 Å². The first-order valence-corrected chi connectivity index (χ1v) is 6.32. The van der Waals surface area contributed by atoms with Crippen LogP contribution in [-0.4, -0.2) is 26.8 Å². The van der Waals surface area contributed by atoms with Gasteiger partial charge in [-0.25, -0.2) is 0 Å². The third-order valence-electron chi connectivity index (χ3n) is 3.02. The molecule has 94 valence electrons. The topological polar surface area (TPSA) is 30.5 Å². The Labute approximate surface area is 107 Å². The molecule has 0 spiro atoms. The summed E-state index contributed by atoms with van der Waals surface area (Å²) >= 11 is 6.23. The van der Waals surface area contributed by atoms with E-state index in [4.69, 9.17) is 21.1 Å². The second kappa shape index (κ2) is 5.71. The molecule has 4 heteroatoms. The number of halogens is 1. The van der Waals surface area contributed by atoms with Gasteiger partial charge in [0.2, 0.25) is 0 Å². The summed E-state index contributed by atoms with van der Waals surface area (Å²) in [6.07, 6.45) is 0.985. The van der Waals surface area contributed by atoms with E-state index in [1.807, 2.05) is 6.07 Å². The van der Waals surface area contributed by atoms with Crippen molar-refractivity contribution in [2.24, 2.45) is 0 Å². The molecule has 0 saturated carbocycles. The van der Waals surface area contributed by atoms with Gasteiger partial charge in [-0.2, -0.15) is 0 Å². The Morgan fingerprint density at radius 3 is 2.94 bits per heavy atom. The van der Waals surface area contributed by atoms with Crippen LogP contribution >= 0.6 is 11.6 Å². The standard InChI is InChI=1S/C13H18ClNO2/c1-3-9-6-10(12-8-15-4-5-17-12)13(16-2)11(14)7-9/h6-7,12,15H,3-5,8H2,1-2H3.